The van der Waals surface area contributed by atoms with Gasteiger partial charge in [-0.25, -0.2) is 9.18 Å². The molecule has 5 N–H and O–H groups in total. The molecule has 41 heavy (non-hydrogen) atoms. The average Bonchev–Trinajstić information content (AvgIpc) is 3.39. The highest BCUT2D eigenvalue weighted by molar-refractivity contribution is 5.87. The first-order chi connectivity index (χ1) is 19.7. The van der Waals surface area contributed by atoms with Gasteiger partial charge in [0.25, 0.3) is 0 Å². The van der Waals surface area contributed by atoms with Crippen molar-refractivity contribution in [2.24, 2.45) is 11.8 Å². The zero-order valence-corrected chi connectivity index (χ0v) is 24.6. The summed E-state index contributed by atoms with van der Waals surface area (Å²) >= 11 is 0. The van der Waals surface area contributed by atoms with Crippen LogP contribution in [0.15, 0.2) is 24.6 Å². The molecule has 10 unspecified atom stereocenters. The molecule has 0 saturated carbocycles. The van der Waals surface area contributed by atoms with Crippen molar-refractivity contribution in [3.63, 3.8) is 0 Å². The van der Waals surface area contributed by atoms with Gasteiger partial charge in [0.15, 0.2) is 0 Å². The molecule has 13 heteroatoms. The molecule has 10 atom stereocenters. The molecular weight excluding hydrogens is 529 g/mol. The monoisotopic (exact) mass is 575 g/mol. The lowest BCUT2D eigenvalue weighted by molar-refractivity contribution is -0.139. The Morgan fingerprint density at radius 2 is 1.95 bits per heavy atom. The van der Waals surface area contributed by atoms with Crippen LogP contribution in [-0.4, -0.2) is 113 Å². The molecule has 3 amide bonds. The number of carbonyl (C=O) groups is 2. The zero-order chi connectivity index (χ0) is 29.0. The van der Waals surface area contributed by atoms with E-state index in [1.165, 1.54) is 6.08 Å². The molecular formula is C28H46FN9O3. The summed E-state index contributed by atoms with van der Waals surface area (Å²) < 4.78 is 22.8. The van der Waals surface area contributed by atoms with Crippen LogP contribution in [0.5, 0.6) is 0 Å². The number of halogens is 1. The summed E-state index contributed by atoms with van der Waals surface area (Å²) in [6.07, 6.45) is 2.14. The third-order valence-corrected chi connectivity index (χ3v) is 9.87. The number of urea groups is 1. The van der Waals surface area contributed by atoms with E-state index < -0.39 is 18.5 Å². The number of alkyl halides is 1. The highest BCUT2D eigenvalue weighted by Crippen LogP contribution is 2.39. The van der Waals surface area contributed by atoms with Crippen LogP contribution in [0.4, 0.5) is 9.18 Å². The van der Waals surface area contributed by atoms with Gasteiger partial charge in [0.05, 0.1) is 36.8 Å². The van der Waals surface area contributed by atoms with Crippen LogP contribution in [0.1, 0.15) is 47.0 Å². The number of amides is 3. The van der Waals surface area contributed by atoms with Crippen LogP contribution in [0.2, 0.25) is 0 Å². The van der Waals surface area contributed by atoms with E-state index in [1.807, 2.05) is 34.9 Å². The fraction of sp³-hybridized carbons (Fsp3) is 0.786. The molecule has 6 aliphatic rings. The van der Waals surface area contributed by atoms with Crippen molar-refractivity contribution in [1.29, 1.82) is 0 Å². The van der Waals surface area contributed by atoms with E-state index in [0.29, 0.717) is 26.1 Å². The van der Waals surface area contributed by atoms with Crippen molar-refractivity contribution < 1.29 is 18.7 Å². The number of hydrogen-bond donors (Lipinski definition) is 5. The van der Waals surface area contributed by atoms with Crippen LogP contribution >= 0.6 is 0 Å². The Morgan fingerprint density at radius 1 is 1.20 bits per heavy atom. The van der Waals surface area contributed by atoms with E-state index in [-0.39, 0.29) is 66.6 Å². The number of hydrogen-bond acceptors (Lipinski definition) is 9. The van der Waals surface area contributed by atoms with Crippen LogP contribution in [-0.2, 0) is 9.53 Å². The van der Waals surface area contributed by atoms with Crippen LogP contribution in [0.3, 0.4) is 0 Å². The van der Waals surface area contributed by atoms with Crippen LogP contribution in [0.25, 0.3) is 0 Å². The van der Waals surface area contributed by atoms with Crippen molar-refractivity contribution >= 4 is 11.9 Å². The minimum absolute atomic E-state index is 0.0353. The summed E-state index contributed by atoms with van der Waals surface area (Å²) in [6.45, 7) is 14.5. The number of hydrazine groups is 2. The van der Waals surface area contributed by atoms with E-state index in [1.54, 1.807) is 0 Å². The molecule has 0 aromatic rings. The fourth-order valence-electron chi connectivity index (χ4n) is 8.15. The number of fused-ring (bicyclic) bond motifs is 5. The number of ether oxygens (including phenoxy) is 1. The van der Waals surface area contributed by atoms with Gasteiger partial charge in [0, 0.05) is 49.8 Å². The maximum absolute atomic E-state index is 16.2. The zero-order valence-electron chi connectivity index (χ0n) is 24.6. The largest absolute Gasteiger partial charge is 0.376 e. The third-order valence-electron chi connectivity index (χ3n) is 9.87. The summed E-state index contributed by atoms with van der Waals surface area (Å²) in [5, 5.41) is 12.4. The van der Waals surface area contributed by atoms with Gasteiger partial charge >= 0.3 is 6.03 Å². The number of piperidine rings is 2. The lowest BCUT2D eigenvalue weighted by atomic mass is 9.81. The Labute approximate surface area is 242 Å². The van der Waals surface area contributed by atoms with Gasteiger partial charge in [-0.1, -0.05) is 20.4 Å². The summed E-state index contributed by atoms with van der Waals surface area (Å²) in [4.78, 5) is 32.8. The SMILES string of the molecule is C=CC(=O)N1C(C)CN(C2NC(=O)N3C4NC(C(F)CC24)N2NNC=C2CCOC2CCNC(C(C)C)C23)CC1C. The second kappa shape index (κ2) is 11.3. The first-order valence-corrected chi connectivity index (χ1v) is 15.2. The predicted octanol–water partition coefficient (Wildman–Crippen LogP) is 0.386. The Balaban J connectivity index is 1.37. The molecule has 0 radical (unpaired) electrons. The third kappa shape index (κ3) is 4.99. The van der Waals surface area contributed by atoms with E-state index in [4.69, 9.17) is 4.74 Å². The lowest BCUT2D eigenvalue weighted by Gasteiger charge is -2.59. The summed E-state index contributed by atoms with van der Waals surface area (Å²) in [7, 11) is 0. The van der Waals surface area contributed by atoms with Crippen molar-refractivity contribution in [2.75, 3.05) is 26.2 Å². The molecule has 0 spiro atoms. The van der Waals surface area contributed by atoms with Gasteiger partial charge in [0.1, 0.15) is 12.3 Å². The van der Waals surface area contributed by atoms with Crippen LogP contribution < -0.4 is 26.9 Å². The minimum atomic E-state index is -1.19. The van der Waals surface area contributed by atoms with E-state index in [2.05, 4.69) is 52.2 Å². The number of nitrogens with zero attached hydrogens (tertiary/aromatic N) is 4. The molecule has 0 aromatic carbocycles. The van der Waals surface area contributed by atoms with Gasteiger partial charge in [-0.2, -0.15) is 0 Å². The molecule has 5 fully saturated rings. The van der Waals surface area contributed by atoms with Gasteiger partial charge < -0.3 is 30.6 Å². The molecule has 6 aliphatic heterocycles. The summed E-state index contributed by atoms with van der Waals surface area (Å²) in [5.74, 6) is -0.0501. The summed E-state index contributed by atoms with van der Waals surface area (Å²) in [5.41, 5.74) is 7.05. The molecule has 12 nitrogen and oxygen atoms in total. The highest BCUT2D eigenvalue weighted by atomic mass is 19.1. The van der Waals surface area contributed by atoms with E-state index in [9.17, 15) is 9.59 Å². The lowest BCUT2D eigenvalue weighted by Crippen LogP contribution is -2.80. The normalized spacial score (nSPS) is 41.5. The number of carbonyl (C=O) groups excluding carboxylic acids is 2. The number of nitrogens with one attached hydrogen (secondary N) is 5. The topological polar surface area (TPSA) is 116 Å². The molecule has 6 rings (SSSR count). The van der Waals surface area contributed by atoms with Gasteiger partial charge in [-0.3, -0.25) is 20.0 Å². The standard InChI is InChI=1S/C28H46FN9O3/c1-6-22(39)36-16(4)13-35(14-17(36)5)25-19-11-20(29)27-32-26(19)37(28(40)33-25)24-21(7-9-30-23(24)15(2)3)41-10-8-18-12-31-34-38(18)27/h6,12,15-17,19-21,23-27,30-32,34H,1,7-11,13-14H2,2-5H3,(H,33,40). The fourth-order valence-corrected chi connectivity index (χ4v) is 8.15. The average molecular weight is 576 g/mol. The molecule has 0 aromatic heterocycles. The second-order valence-corrected chi connectivity index (χ2v) is 12.8. The minimum Gasteiger partial charge on any atom is -0.376 e. The summed E-state index contributed by atoms with van der Waals surface area (Å²) in [6, 6.07) is -0.492. The smallest absolute Gasteiger partial charge is 0.320 e. The number of rotatable bonds is 3. The van der Waals surface area contributed by atoms with Gasteiger partial charge in [-0.05, 0) is 45.2 Å². The van der Waals surface area contributed by atoms with Crippen LogP contribution in [0, 0.1) is 11.8 Å². The maximum atomic E-state index is 16.2. The Bertz CT molecular complexity index is 1050. The molecule has 0 aliphatic carbocycles. The Kier molecular flexibility index (Phi) is 7.92. The van der Waals surface area contributed by atoms with E-state index in [0.717, 1.165) is 18.7 Å². The van der Waals surface area contributed by atoms with Crippen molar-refractivity contribution in [1.82, 2.24) is 46.6 Å². The second-order valence-electron chi connectivity index (χ2n) is 12.8. The Hall–Kier alpha value is -2.45. The first-order valence-electron chi connectivity index (χ1n) is 15.2. The van der Waals surface area contributed by atoms with Gasteiger partial charge in [0.2, 0.25) is 5.91 Å². The Morgan fingerprint density at radius 3 is 2.66 bits per heavy atom. The number of piperazine rings is 1. The van der Waals surface area contributed by atoms with Gasteiger partial charge in [-0.15, -0.1) is 5.53 Å². The molecule has 228 valence electrons. The predicted molar refractivity (Wildman–Crippen MR) is 151 cm³/mol. The molecule has 5 saturated heterocycles. The quantitative estimate of drug-likeness (QED) is 0.305. The van der Waals surface area contributed by atoms with E-state index >= 15 is 4.39 Å². The van der Waals surface area contributed by atoms with Crippen molar-refractivity contribution in [3.8, 4) is 0 Å². The highest BCUT2D eigenvalue weighted by Gasteiger charge is 2.56. The maximum Gasteiger partial charge on any atom is 0.320 e. The first kappa shape index (κ1) is 28.7. The van der Waals surface area contributed by atoms with Crippen molar-refractivity contribution in [3.05, 3.63) is 24.6 Å². The molecule has 2 bridgehead atoms. The molecule has 6 heterocycles. The van der Waals surface area contributed by atoms with Crippen molar-refractivity contribution in [2.45, 2.75) is 102 Å².